The molecule has 0 unspecified atom stereocenters. The smallest absolute Gasteiger partial charge is 0.272 e. The van der Waals surface area contributed by atoms with E-state index in [1.807, 2.05) is 65.6 Å². The second-order valence-electron chi connectivity index (χ2n) is 10.7. The van der Waals surface area contributed by atoms with E-state index in [9.17, 15) is 14.4 Å². The summed E-state index contributed by atoms with van der Waals surface area (Å²) in [5, 5.41) is 6.21. The average molecular weight is 644 g/mol. The summed E-state index contributed by atoms with van der Waals surface area (Å²) >= 11 is 7.44. The highest BCUT2D eigenvalue weighted by Gasteiger charge is 2.25. The van der Waals surface area contributed by atoms with E-state index in [1.54, 1.807) is 60.7 Å². The molecule has 0 atom stereocenters. The number of rotatable bonds is 8. The molecule has 8 heteroatoms. The maximum atomic E-state index is 13.8. The van der Waals surface area contributed by atoms with Gasteiger partial charge in [-0.05, 0) is 90.2 Å². The number of para-hydroxylation sites is 2. The second kappa shape index (κ2) is 14.3. The summed E-state index contributed by atoms with van der Waals surface area (Å²) in [5.74, 6) is -0.724. The number of carbonyl (C=O) groups is 3. The van der Waals surface area contributed by atoms with Gasteiger partial charge in [-0.3, -0.25) is 19.3 Å². The van der Waals surface area contributed by atoms with Crippen LogP contribution in [0.3, 0.4) is 0 Å². The van der Waals surface area contributed by atoms with Crippen LogP contribution in [-0.4, -0.2) is 23.5 Å². The number of amides is 3. The Hall–Kier alpha value is -5.11. The maximum Gasteiger partial charge on any atom is 0.272 e. The first-order valence-electron chi connectivity index (χ1n) is 14.8. The molecule has 5 aromatic rings. The van der Waals surface area contributed by atoms with Crippen molar-refractivity contribution in [3.8, 4) is 0 Å². The summed E-state index contributed by atoms with van der Waals surface area (Å²) in [6, 6.07) is 39.1. The van der Waals surface area contributed by atoms with Crippen molar-refractivity contribution in [3.05, 3.63) is 160 Å². The predicted molar refractivity (Wildman–Crippen MR) is 187 cm³/mol. The molecule has 228 valence electrons. The fourth-order valence-electron chi connectivity index (χ4n) is 5.29. The highest BCUT2D eigenvalue weighted by molar-refractivity contribution is 8.00. The number of benzene rings is 5. The van der Waals surface area contributed by atoms with Gasteiger partial charge in [-0.15, -0.1) is 11.8 Å². The lowest BCUT2D eigenvalue weighted by Crippen LogP contribution is -2.30. The topological polar surface area (TPSA) is 78.5 Å². The summed E-state index contributed by atoms with van der Waals surface area (Å²) in [7, 11) is 0. The van der Waals surface area contributed by atoms with E-state index in [2.05, 4.69) is 22.8 Å². The first-order valence-corrected chi connectivity index (χ1v) is 16.2. The van der Waals surface area contributed by atoms with Crippen molar-refractivity contribution in [1.82, 2.24) is 5.32 Å². The Kier molecular flexibility index (Phi) is 9.62. The summed E-state index contributed by atoms with van der Waals surface area (Å²) in [6.45, 7) is 0. The fraction of sp³-hybridized carbons (Fsp3) is 0.0789. The molecule has 46 heavy (non-hydrogen) atoms. The average Bonchev–Trinajstić information content (AvgIpc) is 3.25. The summed E-state index contributed by atoms with van der Waals surface area (Å²) in [5.41, 5.74) is 5.84. The van der Waals surface area contributed by atoms with Crippen molar-refractivity contribution in [1.29, 1.82) is 0 Å². The molecule has 6 nitrogen and oxygen atoms in total. The molecule has 0 spiro atoms. The molecule has 3 amide bonds. The number of halogens is 1. The Labute approximate surface area is 277 Å². The van der Waals surface area contributed by atoms with Gasteiger partial charge in [-0.25, -0.2) is 0 Å². The van der Waals surface area contributed by atoms with Gasteiger partial charge in [0, 0.05) is 21.2 Å². The van der Waals surface area contributed by atoms with E-state index in [1.165, 1.54) is 11.8 Å². The minimum Gasteiger partial charge on any atom is -0.321 e. The number of aryl methyl sites for hydroxylation is 2. The van der Waals surface area contributed by atoms with Crippen LogP contribution in [0.5, 0.6) is 0 Å². The maximum absolute atomic E-state index is 13.8. The Morgan fingerprint density at radius 2 is 1.37 bits per heavy atom. The highest BCUT2D eigenvalue weighted by atomic mass is 35.5. The third-order valence-electron chi connectivity index (χ3n) is 7.54. The van der Waals surface area contributed by atoms with Crippen molar-refractivity contribution < 1.29 is 14.4 Å². The molecular weight excluding hydrogens is 614 g/mol. The van der Waals surface area contributed by atoms with Gasteiger partial charge in [0.05, 0.1) is 17.1 Å². The Morgan fingerprint density at radius 3 is 2.04 bits per heavy atom. The van der Waals surface area contributed by atoms with E-state index < -0.39 is 11.8 Å². The molecular formula is C38H30ClN3O3S. The Morgan fingerprint density at radius 1 is 0.739 bits per heavy atom. The zero-order chi connectivity index (χ0) is 31.9. The van der Waals surface area contributed by atoms with Gasteiger partial charge < -0.3 is 10.6 Å². The number of thioether (sulfide) groups is 1. The molecule has 0 bridgehead atoms. The first kappa shape index (κ1) is 30.9. The lowest BCUT2D eigenvalue weighted by atomic mass is 10.0. The van der Waals surface area contributed by atoms with Crippen LogP contribution in [0, 0.1) is 0 Å². The molecule has 5 aromatic carbocycles. The molecule has 1 aliphatic heterocycles. The van der Waals surface area contributed by atoms with Crippen molar-refractivity contribution >= 4 is 64.2 Å². The predicted octanol–water partition coefficient (Wildman–Crippen LogP) is 8.31. The molecule has 0 radical (unpaired) electrons. The van der Waals surface area contributed by atoms with Crippen LogP contribution in [0.1, 0.15) is 27.0 Å². The largest absolute Gasteiger partial charge is 0.321 e. The SMILES string of the molecule is O=C(Nc1cccc(SCC(=O)N2c3ccccc3CCc3ccccc32)c1)/C(=C/c1ccc(Cl)cc1)NC(=O)c1ccccc1. The quantitative estimate of drug-likeness (QED) is 0.132. The van der Waals surface area contributed by atoms with Crippen LogP contribution in [0.25, 0.3) is 6.08 Å². The number of carbonyl (C=O) groups excluding carboxylic acids is 3. The third-order valence-corrected chi connectivity index (χ3v) is 8.77. The first-order chi connectivity index (χ1) is 22.4. The van der Waals surface area contributed by atoms with Gasteiger partial charge in [-0.1, -0.05) is 84.4 Å². The lowest BCUT2D eigenvalue weighted by molar-refractivity contribution is -0.115. The molecule has 0 saturated carbocycles. The minimum absolute atomic E-state index is 0.0296. The van der Waals surface area contributed by atoms with E-state index in [4.69, 9.17) is 11.6 Å². The van der Waals surface area contributed by atoms with Gasteiger partial charge in [0.25, 0.3) is 11.8 Å². The number of hydrogen-bond acceptors (Lipinski definition) is 4. The van der Waals surface area contributed by atoms with Crippen molar-refractivity contribution in [2.75, 3.05) is 16.0 Å². The zero-order valence-electron chi connectivity index (χ0n) is 24.8. The number of hydrogen-bond donors (Lipinski definition) is 2. The van der Waals surface area contributed by atoms with Crippen LogP contribution in [0.15, 0.2) is 138 Å². The minimum atomic E-state index is -0.491. The standard InChI is InChI=1S/C38H30ClN3O3S/c39-30-21-17-26(18-22-30)23-33(41-37(44)29-11-2-1-3-12-29)38(45)40-31-13-8-14-32(24-31)46-25-36(43)42-34-15-6-4-9-27(34)19-20-28-10-5-7-16-35(28)42/h1-18,21-24H,19-20,25H2,(H,40,45)(H,41,44)/b33-23-. The highest BCUT2D eigenvalue weighted by Crippen LogP contribution is 2.37. The number of nitrogens with one attached hydrogen (secondary N) is 2. The van der Waals surface area contributed by atoms with Crippen molar-refractivity contribution in [2.24, 2.45) is 0 Å². The van der Waals surface area contributed by atoms with Crippen LogP contribution in [-0.2, 0) is 22.4 Å². The lowest BCUT2D eigenvalue weighted by Gasteiger charge is -2.25. The summed E-state index contributed by atoms with van der Waals surface area (Å²) in [4.78, 5) is 42.9. The summed E-state index contributed by atoms with van der Waals surface area (Å²) in [6.07, 6.45) is 3.33. The van der Waals surface area contributed by atoms with Crippen molar-refractivity contribution in [3.63, 3.8) is 0 Å². The van der Waals surface area contributed by atoms with Gasteiger partial charge in [-0.2, -0.15) is 0 Å². The van der Waals surface area contributed by atoms with E-state index in [0.717, 1.165) is 40.2 Å². The molecule has 0 saturated heterocycles. The molecule has 0 fully saturated rings. The molecule has 6 rings (SSSR count). The fourth-order valence-corrected chi connectivity index (χ4v) is 6.22. The number of fused-ring (bicyclic) bond motifs is 2. The van der Waals surface area contributed by atoms with Gasteiger partial charge in [0.15, 0.2) is 0 Å². The monoisotopic (exact) mass is 643 g/mol. The van der Waals surface area contributed by atoms with E-state index in [0.29, 0.717) is 21.8 Å². The molecule has 0 aliphatic carbocycles. The van der Waals surface area contributed by atoms with Crippen LogP contribution < -0.4 is 15.5 Å². The van der Waals surface area contributed by atoms with Gasteiger partial charge in [0.1, 0.15) is 5.70 Å². The summed E-state index contributed by atoms with van der Waals surface area (Å²) < 4.78 is 0. The van der Waals surface area contributed by atoms with Crippen LogP contribution in [0.2, 0.25) is 5.02 Å². The molecule has 2 N–H and O–H groups in total. The van der Waals surface area contributed by atoms with E-state index in [-0.39, 0.29) is 17.4 Å². The van der Waals surface area contributed by atoms with Crippen molar-refractivity contribution in [2.45, 2.75) is 17.7 Å². The van der Waals surface area contributed by atoms with E-state index >= 15 is 0 Å². The molecule has 1 aliphatic rings. The Bertz CT molecular complexity index is 1880. The third kappa shape index (κ3) is 7.40. The number of nitrogens with zero attached hydrogens (tertiary/aromatic N) is 1. The van der Waals surface area contributed by atoms with Gasteiger partial charge >= 0.3 is 0 Å². The zero-order valence-corrected chi connectivity index (χ0v) is 26.4. The van der Waals surface area contributed by atoms with Crippen LogP contribution in [0.4, 0.5) is 17.1 Å². The molecule has 1 heterocycles. The molecule has 0 aromatic heterocycles. The Balaban J connectivity index is 1.19. The van der Waals surface area contributed by atoms with Gasteiger partial charge in [0.2, 0.25) is 5.91 Å². The second-order valence-corrected chi connectivity index (χ2v) is 12.2. The van der Waals surface area contributed by atoms with Crippen LogP contribution >= 0.6 is 23.4 Å². The normalized spacial score (nSPS) is 12.4. The number of anilines is 3.